The lowest BCUT2D eigenvalue weighted by Crippen LogP contribution is -3.06. The van der Waals surface area contributed by atoms with Crippen molar-refractivity contribution >= 4 is 6.03 Å². The molecule has 0 rings (SSSR count). The zero-order valence-corrected chi connectivity index (χ0v) is 7.53. The van der Waals surface area contributed by atoms with E-state index in [-0.39, 0.29) is 6.03 Å². The molecule has 0 aliphatic carbocycles. The highest BCUT2D eigenvalue weighted by atomic mass is 16.2. The van der Waals surface area contributed by atoms with Crippen LogP contribution in [0.25, 0.3) is 0 Å². The Hall–Kier alpha value is -0.770. The molecule has 0 aromatic rings. The van der Waals surface area contributed by atoms with Crippen LogP contribution >= 0.6 is 0 Å². The second-order valence-corrected chi connectivity index (χ2v) is 2.74. The fourth-order valence-electron chi connectivity index (χ4n) is 0.649. The lowest BCUT2D eigenvalue weighted by molar-refractivity contribution is -0.856. The van der Waals surface area contributed by atoms with Gasteiger partial charge in [0.2, 0.25) is 0 Å². The number of quaternary nitrogens is 1. The molecule has 0 aliphatic rings. The molecule has 0 saturated heterocycles. The van der Waals surface area contributed by atoms with Gasteiger partial charge in [-0.3, -0.25) is 0 Å². The first kappa shape index (κ1) is 10.2. The van der Waals surface area contributed by atoms with Crippen molar-refractivity contribution < 1.29 is 9.69 Å². The molecule has 4 nitrogen and oxygen atoms in total. The summed E-state index contributed by atoms with van der Waals surface area (Å²) < 4.78 is 0. The molecule has 2 amide bonds. The summed E-state index contributed by atoms with van der Waals surface area (Å²) in [6, 6.07) is -0.0752. The first-order valence-corrected chi connectivity index (χ1v) is 3.97. The zero-order chi connectivity index (χ0) is 8.69. The Labute approximate surface area is 67.9 Å². The summed E-state index contributed by atoms with van der Waals surface area (Å²) in [7, 11) is 4.11. The Bertz CT molecular complexity index is 114. The SMILES string of the molecule is CCNC(=O)NCC[NH+](C)C. The Morgan fingerprint density at radius 2 is 2.00 bits per heavy atom. The number of nitrogens with one attached hydrogen (secondary N) is 3. The number of likely N-dealkylation sites (N-methyl/N-ethyl adjacent to an activating group) is 1. The van der Waals surface area contributed by atoms with Crippen molar-refractivity contribution in [1.82, 2.24) is 10.6 Å². The van der Waals surface area contributed by atoms with E-state index in [0.29, 0.717) is 6.54 Å². The maximum absolute atomic E-state index is 10.8. The molecule has 11 heavy (non-hydrogen) atoms. The summed E-state index contributed by atoms with van der Waals surface area (Å²) >= 11 is 0. The van der Waals surface area contributed by atoms with Crippen LogP contribution in [0, 0.1) is 0 Å². The third kappa shape index (κ3) is 7.12. The fraction of sp³-hybridized carbons (Fsp3) is 0.857. The minimum absolute atomic E-state index is 0.0752. The summed E-state index contributed by atoms with van der Waals surface area (Å²) in [5, 5.41) is 5.40. The molecule has 0 unspecified atom stereocenters. The van der Waals surface area contributed by atoms with Crippen LogP contribution < -0.4 is 15.5 Å². The predicted octanol–water partition coefficient (Wildman–Crippen LogP) is -1.55. The van der Waals surface area contributed by atoms with E-state index in [4.69, 9.17) is 0 Å². The lowest BCUT2D eigenvalue weighted by Gasteiger charge is -2.08. The van der Waals surface area contributed by atoms with Crippen LogP contribution in [-0.4, -0.2) is 39.8 Å². The van der Waals surface area contributed by atoms with Crippen molar-refractivity contribution in [2.24, 2.45) is 0 Å². The third-order valence-electron chi connectivity index (χ3n) is 1.25. The Kier molecular flexibility index (Phi) is 5.56. The number of amides is 2. The van der Waals surface area contributed by atoms with Crippen LogP contribution in [0.5, 0.6) is 0 Å². The van der Waals surface area contributed by atoms with E-state index in [9.17, 15) is 4.79 Å². The van der Waals surface area contributed by atoms with Gasteiger partial charge in [0, 0.05) is 6.54 Å². The summed E-state index contributed by atoms with van der Waals surface area (Å²) in [6.07, 6.45) is 0. The second-order valence-electron chi connectivity index (χ2n) is 2.74. The van der Waals surface area contributed by atoms with Crippen molar-refractivity contribution in [3.63, 3.8) is 0 Å². The molecule has 0 aliphatic heterocycles. The van der Waals surface area contributed by atoms with E-state index in [2.05, 4.69) is 24.7 Å². The van der Waals surface area contributed by atoms with Gasteiger partial charge in [0.1, 0.15) is 0 Å². The van der Waals surface area contributed by atoms with Gasteiger partial charge in [-0.25, -0.2) is 4.79 Å². The van der Waals surface area contributed by atoms with Gasteiger partial charge in [0.05, 0.1) is 27.2 Å². The molecule has 66 valence electrons. The van der Waals surface area contributed by atoms with Crippen molar-refractivity contribution in [2.45, 2.75) is 6.92 Å². The molecule has 0 aromatic heterocycles. The van der Waals surface area contributed by atoms with Gasteiger partial charge in [-0.2, -0.15) is 0 Å². The van der Waals surface area contributed by atoms with E-state index in [1.807, 2.05) is 6.92 Å². The number of carbonyl (C=O) groups excluding carboxylic acids is 1. The van der Waals surface area contributed by atoms with Gasteiger partial charge in [0.15, 0.2) is 0 Å². The van der Waals surface area contributed by atoms with Crippen LogP contribution in [0.4, 0.5) is 4.79 Å². The van der Waals surface area contributed by atoms with Gasteiger partial charge in [-0.1, -0.05) is 0 Å². The van der Waals surface area contributed by atoms with E-state index in [1.165, 1.54) is 4.90 Å². The van der Waals surface area contributed by atoms with E-state index in [1.54, 1.807) is 0 Å². The molecule has 0 fully saturated rings. The molecule has 0 aromatic carbocycles. The molecule has 0 bridgehead atoms. The quantitative estimate of drug-likeness (QED) is 0.458. The van der Waals surface area contributed by atoms with Crippen molar-refractivity contribution in [2.75, 3.05) is 33.7 Å². The largest absolute Gasteiger partial charge is 0.338 e. The Balaban J connectivity index is 3.17. The van der Waals surface area contributed by atoms with E-state index in [0.717, 1.165) is 13.1 Å². The van der Waals surface area contributed by atoms with Crippen LogP contribution in [0.3, 0.4) is 0 Å². The molecule has 0 heterocycles. The predicted molar refractivity (Wildman–Crippen MR) is 44.8 cm³/mol. The second kappa shape index (κ2) is 5.97. The molecule has 0 spiro atoms. The van der Waals surface area contributed by atoms with Crippen molar-refractivity contribution in [3.8, 4) is 0 Å². The minimum Gasteiger partial charge on any atom is -0.338 e. The first-order chi connectivity index (χ1) is 5.16. The molecule has 0 atom stereocenters. The minimum atomic E-state index is -0.0752. The fourth-order valence-corrected chi connectivity index (χ4v) is 0.649. The van der Waals surface area contributed by atoms with E-state index >= 15 is 0 Å². The maximum Gasteiger partial charge on any atom is 0.314 e. The smallest absolute Gasteiger partial charge is 0.314 e. The van der Waals surface area contributed by atoms with Crippen molar-refractivity contribution in [1.29, 1.82) is 0 Å². The van der Waals surface area contributed by atoms with Gasteiger partial charge < -0.3 is 15.5 Å². The Morgan fingerprint density at radius 3 is 2.45 bits per heavy atom. The van der Waals surface area contributed by atoms with Crippen LogP contribution in [0.15, 0.2) is 0 Å². The molecular formula is C7H18N3O+. The van der Waals surface area contributed by atoms with Gasteiger partial charge in [-0.15, -0.1) is 0 Å². The number of hydrogen-bond acceptors (Lipinski definition) is 1. The molecule has 0 radical (unpaired) electrons. The number of carbonyl (C=O) groups is 1. The summed E-state index contributed by atoms with van der Waals surface area (Å²) in [5.41, 5.74) is 0. The van der Waals surface area contributed by atoms with Crippen LogP contribution in [0.2, 0.25) is 0 Å². The van der Waals surface area contributed by atoms with E-state index < -0.39 is 0 Å². The molecule has 0 saturated carbocycles. The number of urea groups is 1. The Morgan fingerprint density at radius 1 is 1.36 bits per heavy atom. The molecule has 4 heteroatoms. The third-order valence-corrected chi connectivity index (χ3v) is 1.25. The monoisotopic (exact) mass is 160 g/mol. The normalized spacial score (nSPS) is 9.82. The highest BCUT2D eigenvalue weighted by molar-refractivity contribution is 5.73. The molecular weight excluding hydrogens is 142 g/mol. The zero-order valence-electron chi connectivity index (χ0n) is 7.53. The maximum atomic E-state index is 10.8. The lowest BCUT2D eigenvalue weighted by atomic mass is 10.6. The van der Waals surface area contributed by atoms with Crippen LogP contribution in [0.1, 0.15) is 6.92 Å². The molecule has 3 N–H and O–H groups in total. The highest BCUT2D eigenvalue weighted by Gasteiger charge is 1.97. The van der Waals surface area contributed by atoms with Gasteiger partial charge >= 0.3 is 6.03 Å². The first-order valence-electron chi connectivity index (χ1n) is 3.97. The summed E-state index contributed by atoms with van der Waals surface area (Å²) in [5.74, 6) is 0. The summed E-state index contributed by atoms with van der Waals surface area (Å²) in [4.78, 5) is 12.1. The standard InChI is InChI=1S/C7H17N3O/c1-4-8-7(11)9-5-6-10(2)3/h4-6H2,1-3H3,(H2,8,9,11)/p+1. The average Bonchev–Trinajstić information content (AvgIpc) is 1.87. The topological polar surface area (TPSA) is 45.6 Å². The average molecular weight is 160 g/mol. The highest BCUT2D eigenvalue weighted by Crippen LogP contribution is 1.60. The van der Waals surface area contributed by atoms with Gasteiger partial charge in [-0.05, 0) is 6.92 Å². The number of rotatable bonds is 4. The van der Waals surface area contributed by atoms with Crippen LogP contribution in [-0.2, 0) is 0 Å². The van der Waals surface area contributed by atoms with Crippen molar-refractivity contribution in [3.05, 3.63) is 0 Å². The summed E-state index contributed by atoms with van der Waals surface area (Å²) in [6.45, 7) is 4.27. The van der Waals surface area contributed by atoms with Gasteiger partial charge in [0.25, 0.3) is 0 Å². The number of hydrogen-bond donors (Lipinski definition) is 3.